The molecule has 0 aromatic heterocycles. The highest BCUT2D eigenvalue weighted by atomic mass is 18.2. The average Bonchev–Trinajstić information content (AvgIpc) is 2.25. The van der Waals surface area contributed by atoms with E-state index < -0.39 is 40.4 Å². The molecular formula is C9H7FN2O5. The lowest BCUT2D eigenvalue weighted by Gasteiger charge is -2.03. The first-order valence-corrected chi connectivity index (χ1v) is 4.35. The van der Waals surface area contributed by atoms with Crippen LogP contribution in [0, 0.1) is 15.9 Å². The Kier molecular flexibility index (Phi) is 3.70. The van der Waals surface area contributed by atoms with Crippen LogP contribution in [0.5, 0.6) is 0 Å². The highest BCUT2D eigenvalue weighted by molar-refractivity contribution is 5.99. The number of carboxylic acid groups (broad SMARTS) is 1. The zero-order valence-electron chi connectivity index (χ0n) is 8.34. The fourth-order valence-electron chi connectivity index (χ4n) is 1.10. The number of carboxylic acids is 1. The quantitative estimate of drug-likeness (QED) is 0.590. The van der Waals surface area contributed by atoms with E-state index in [2.05, 4.69) is 0 Å². The van der Waals surface area contributed by atoms with Crippen LogP contribution < -0.4 is 5.32 Å². The Morgan fingerprint density at radius 3 is 2.65 bits per heavy atom. The number of rotatable bonds is 4. The molecule has 8 heteroatoms. The third-order valence-electron chi connectivity index (χ3n) is 1.80. The maximum absolute atomic E-state index is 12.8. The van der Waals surface area contributed by atoms with Gasteiger partial charge in [-0.1, -0.05) is 0 Å². The second kappa shape index (κ2) is 5.01. The molecule has 0 aliphatic rings. The molecule has 90 valence electrons. The molecule has 0 aliphatic heterocycles. The summed E-state index contributed by atoms with van der Waals surface area (Å²) in [6.07, 6.45) is 0. The molecule has 0 radical (unpaired) electrons. The van der Waals surface area contributed by atoms with Gasteiger partial charge in [0.05, 0.1) is 11.0 Å². The number of halogens is 1. The van der Waals surface area contributed by atoms with Crippen molar-refractivity contribution >= 4 is 17.6 Å². The summed E-state index contributed by atoms with van der Waals surface area (Å²) in [5, 5.41) is 20.8. The van der Waals surface area contributed by atoms with Crippen LogP contribution in [-0.2, 0) is 4.79 Å². The van der Waals surface area contributed by atoms with Gasteiger partial charge >= 0.3 is 5.97 Å². The van der Waals surface area contributed by atoms with E-state index in [1.807, 2.05) is 5.32 Å². The van der Waals surface area contributed by atoms with Gasteiger partial charge in [0, 0.05) is 0 Å². The first-order chi connectivity index (χ1) is 7.91. The molecule has 1 amide bonds. The van der Waals surface area contributed by atoms with Gasteiger partial charge < -0.3 is 10.4 Å². The van der Waals surface area contributed by atoms with Gasteiger partial charge in [0.15, 0.2) is 0 Å². The predicted octanol–water partition coefficient (Wildman–Crippen LogP) is 0.548. The number of carbonyl (C=O) groups is 2. The minimum absolute atomic E-state index is 0.391. The van der Waals surface area contributed by atoms with E-state index >= 15 is 0 Å². The molecule has 17 heavy (non-hydrogen) atoms. The molecule has 0 atom stereocenters. The molecule has 0 heterocycles. The maximum Gasteiger partial charge on any atom is 0.322 e. The second-order valence-corrected chi connectivity index (χ2v) is 2.99. The predicted molar refractivity (Wildman–Crippen MR) is 53.0 cm³/mol. The highest BCUT2D eigenvalue weighted by Gasteiger charge is 2.21. The van der Waals surface area contributed by atoms with Crippen molar-refractivity contribution in [3.8, 4) is 0 Å². The number of aliphatic carboxylic acids is 1. The Balaban J connectivity index is 3.00. The van der Waals surface area contributed by atoms with Crippen molar-refractivity contribution in [3.63, 3.8) is 0 Å². The lowest BCUT2D eigenvalue weighted by atomic mass is 10.1. The second-order valence-electron chi connectivity index (χ2n) is 2.99. The van der Waals surface area contributed by atoms with Crippen molar-refractivity contribution in [2.24, 2.45) is 0 Å². The molecular weight excluding hydrogens is 234 g/mol. The normalized spacial score (nSPS) is 9.71. The molecule has 0 unspecified atom stereocenters. The third-order valence-corrected chi connectivity index (χ3v) is 1.80. The number of carbonyl (C=O) groups excluding carboxylic acids is 1. The van der Waals surface area contributed by atoms with Crippen LogP contribution in [0.3, 0.4) is 0 Å². The summed E-state index contributed by atoms with van der Waals surface area (Å²) in [6.45, 7) is -0.673. The Morgan fingerprint density at radius 2 is 2.12 bits per heavy atom. The van der Waals surface area contributed by atoms with Gasteiger partial charge in [-0.15, -0.1) is 0 Å². The van der Waals surface area contributed by atoms with Crippen LogP contribution in [0.15, 0.2) is 18.2 Å². The zero-order valence-corrected chi connectivity index (χ0v) is 8.34. The summed E-state index contributed by atoms with van der Waals surface area (Å²) >= 11 is 0. The summed E-state index contributed by atoms with van der Waals surface area (Å²) in [5.41, 5.74) is -1.11. The smallest absolute Gasteiger partial charge is 0.322 e. The summed E-state index contributed by atoms with van der Waals surface area (Å²) in [6, 6.07) is 2.39. The van der Waals surface area contributed by atoms with Crippen molar-refractivity contribution in [3.05, 3.63) is 39.7 Å². The molecule has 0 saturated heterocycles. The fraction of sp³-hybridized carbons (Fsp3) is 0.111. The van der Waals surface area contributed by atoms with Gasteiger partial charge in [-0.05, 0) is 12.1 Å². The van der Waals surface area contributed by atoms with Crippen molar-refractivity contribution < 1.29 is 24.0 Å². The van der Waals surface area contributed by atoms with Gasteiger partial charge in [0.2, 0.25) is 0 Å². The molecule has 0 saturated carbocycles. The first-order valence-electron chi connectivity index (χ1n) is 4.35. The zero-order chi connectivity index (χ0) is 13.0. The van der Waals surface area contributed by atoms with Crippen LogP contribution in [0.2, 0.25) is 0 Å². The minimum Gasteiger partial charge on any atom is -0.480 e. The number of nitrogens with one attached hydrogen (secondary N) is 1. The number of benzene rings is 1. The van der Waals surface area contributed by atoms with Gasteiger partial charge in [0.1, 0.15) is 17.9 Å². The molecule has 0 spiro atoms. The number of hydrogen-bond acceptors (Lipinski definition) is 4. The van der Waals surface area contributed by atoms with Gasteiger partial charge in [0.25, 0.3) is 11.6 Å². The number of amides is 1. The van der Waals surface area contributed by atoms with Gasteiger partial charge in [-0.3, -0.25) is 19.7 Å². The number of nitrogens with zero attached hydrogens (tertiary/aromatic N) is 1. The van der Waals surface area contributed by atoms with E-state index in [1.54, 1.807) is 0 Å². The Labute approximate surface area is 94.0 Å². The molecule has 0 fully saturated rings. The van der Waals surface area contributed by atoms with Crippen LogP contribution in [0.4, 0.5) is 10.1 Å². The maximum atomic E-state index is 12.8. The van der Waals surface area contributed by atoms with Crippen LogP contribution in [-0.4, -0.2) is 28.5 Å². The summed E-state index contributed by atoms with van der Waals surface area (Å²) < 4.78 is 12.8. The Morgan fingerprint density at radius 1 is 1.47 bits per heavy atom. The van der Waals surface area contributed by atoms with Crippen LogP contribution >= 0.6 is 0 Å². The summed E-state index contributed by atoms with van der Waals surface area (Å²) in [4.78, 5) is 31.2. The van der Waals surface area contributed by atoms with E-state index in [4.69, 9.17) is 5.11 Å². The number of nitro groups is 1. The molecule has 1 aromatic carbocycles. The van der Waals surface area contributed by atoms with E-state index in [1.165, 1.54) is 0 Å². The Hall–Kier alpha value is -2.51. The topological polar surface area (TPSA) is 110 Å². The van der Waals surface area contributed by atoms with E-state index in [0.29, 0.717) is 6.07 Å². The number of nitro benzene ring substituents is 1. The molecule has 0 aliphatic carbocycles. The van der Waals surface area contributed by atoms with Gasteiger partial charge in [-0.25, -0.2) is 4.39 Å². The van der Waals surface area contributed by atoms with Crippen molar-refractivity contribution in [1.82, 2.24) is 5.32 Å². The fourth-order valence-corrected chi connectivity index (χ4v) is 1.10. The van der Waals surface area contributed by atoms with Crippen molar-refractivity contribution in [2.75, 3.05) is 6.54 Å². The van der Waals surface area contributed by atoms with Gasteiger partial charge in [-0.2, -0.15) is 0 Å². The van der Waals surface area contributed by atoms with Crippen LogP contribution in [0.25, 0.3) is 0 Å². The first kappa shape index (κ1) is 12.6. The van der Waals surface area contributed by atoms with E-state index in [-0.39, 0.29) is 0 Å². The molecule has 1 rings (SSSR count). The monoisotopic (exact) mass is 241 g/mol. The Bertz CT molecular complexity index is 488. The van der Waals surface area contributed by atoms with Crippen LogP contribution in [0.1, 0.15) is 10.4 Å². The standard InChI is InChI=1S/C9H7FN2O5/c10-5-1-2-6(7(3-5)12(16)17)9(15)11-4-8(13)14/h1-3H,4H2,(H,11,15)(H,13,14)/i10-1. The largest absolute Gasteiger partial charge is 0.480 e. The molecule has 1 aromatic rings. The molecule has 7 nitrogen and oxygen atoms in total. The van der Waals surface area contributed by atoms with Crippen molar-refractivity contribution in [2.45, 2.75) is 0 Å². The van der Waals surface area contributed by atoms with E-state index in [0.717, 1.165) is 12.1 Å². The van der Waals surface area contributed by atoms with E-state index in [9.17, 15) is 24.1 Å². The minimum atomic E-state index is -1.29. The summed E-state index contributed by atoms with van der Waals surface area (Å²) in [5.74, 6) is -3.09. The van der Waals surface area contributed by atoms with Crippen molar-refractivity contribution in [1.29, 1.82) is 0 Å². The summed E-state index contributed by atoms with van der Waals surface area (Å²) in [7, 11) is 0. The molecule has 2 N–H and O–H groups in total. The average molecular weight is 241 g/mol. The highest BCUT2D eigenvalue weighted by Crippen LogP contribution is 2.19. The lowest BCUT2D eigenvalue weighted by molar-refractivity contribution is -0.385. The lowest BCUT2D eigenvalue weighted by Crippen LogP contribution is -2.29. The SMILES string of the molecule is O=C(O)CNC(=O)c1ccc([18F])cc1[N+](=O)[O-]. The molecule has 0 bridgehead atoms. The number of hydrogen-bond donors (Lipinski definition) is 2. The third kappa shape index (κ3) is 3.23.